The monoisotopic (exact) mass is 315 g/mol. The lowest BCUT2D eigenvalue weighted by molar-refractivity contribution is 0.181. The van der Waals surface area contributed by atoms with Crippen LogP contribution < -0.4 is 15.5 Å². The number of cyclic esters (lactones) is 1. The standard InChI is InChI=1S/C17H21N3O3/c1-17(2,3)19-15(21)18-10-4-5-13-6-8-14(9-7-13)20-11-12-23-16(20)22/h6-9H,10-12H2,1-3H3,(H2,18,19,21). The van der Waals surface area contributed by atoms with Crippen LogP contribution in [0, 0.1) is 11.8 Å². The number of anilines is 1. The second-order valence-electron chi connectivity index (χ2n) is 6.17. The lowest BCUT2D eigenvalue weighted by atomic mass is 10.1. The molecule has 0 radical (unpaired) electrons. The molecule has 1 aliphatic heterocycles. The van der Waals surface area contributed by atoms with E-state index >= 15 is 0 Å². The summed E-state index contributed by atoms with van der Waals surface area (Å²) in [5, 5.41) is 5.47. The summed E-state index contributed by atoms with van der Waals surface area (Å²) in [7, 11) is 0. The Labute approximate surface area is 136 Å². The fourth-order valence-electron chi connectivity index (χ4n) is 2.01. The van der Waals surface area contributed by atoms with E-state index in [2.05, 4.69) is 22.5 Å². The van der Waals surface area contributed by atoms with E-state index in [1.54, 1.807) is 4.90 Å². The van der Waals surface area contributed by atoms with Crippen LogP contribution in [0.15, 0.2) is 24.3 Å². The van der Waals surface area contributed by atoms with Gasteiger partial charge in [-0.2, -0.15) is 0 Å². The maximum absolute atomic E-state index is 11.6. The van der Waals surface area contributed by atoms with E-state index in [1.165, 1.54) is 0 Å². The molecule has 6 nitrogen and oxygen atoms in total. The second-order valence-corrected chi connectivity index (χ2v) is 6.17. The zero-order chi connectivity index (χ0) is 16.9. The fourth-order valence-corrected chi connectivity index (χ4v) is 2.01. The molecule has 1 heterocycles. The van der Waals surface area contributed by atoms with Gasteiger partial charge in [-0.1, -0.05) is 11.8 Å². The molecule has 0 atom stereocenters. The fraction of sp³-hybridized carbons (Fsp3) is 0.412. The van der Waals surface area contributed by atoms with Gasteiger partial charge in [-0.25, -0.2) is 9.59 Å². The molecule has 6 heteroatoms. The minimum Gasteiger partial charge on any atom is -0.447 e. The summed E-state index contributed by atoms with van der Waals surface area (Å²) in [6.45, 7) is 6.99. The number of nitrogens with one attached hydrogen (secondary N) is 2. The third-order valence-corrected chi connectivity index (χ3v) is 3.00. The van der Waals surface area contributed by atoms with Gasteiger partial charge in [-0.15, -0.1) is 0 Å². The number of hydrogen-bond acceptors (Lipinski definition) is 3. The van der Waals surface area contributed by atoms with Crippen molar-refractivity contribution in [2.75, 3.05) is 24.6 Å². The van der Waals surface area contributed by atoms with E-state index in [-0.39, 0.29) is 24.2 Å². The van der Waals surface area contributed by atoms with E-state index < -0.39 is 0 Å². The molecule has 2 rings (SSSR count). The summed E-state index contributed by atoms with van der Waals surface area (Å²) in [5.41, 5.74) is 1.34. The smallest absolute Gasteiger partial charge is 0.414 e. The number of amides is 3. The average molecular weight is 315 g/mol. The Kier molecular flexibility index (Phi) is 5.12. The third kappa shape index (κ3) is 5.22. The average Bonchev–Trinajstić information content (AvgIpc) is 2.89. The van der Waals surface area contributed by atoms with Crippen molar-refractivity contribution in [3.05, 3.63) is 29.8 Å². The number of ether oxygens (including phenoxy) is 1. The largest absolute Gasteiger partial charge is 0.447 e. The van der Waals surface area contributed by atoms with Gasteiger partial charge in [0, 0.05) is 16.8 Å². The first-order valence-electron chi connectivity index (χ1n) is 7.44. The zero-order valence-electron chi connectivity index (χ0n) is 13.6. The Bertz CT molecular complexity index is 636. The quantitative estimate of drug-likeness (QED) is 0.821. The van der Waals surface area contributed by atoms with Crippen LogP contribution in [-0.4, -0.2) is 37.4 Å². The van der Waals surface area contributed by atoms with Crippen LogP contribution in [-0.2, 0) is 4.74 Å². The van der Waals surface area contributed by atoms with E-state index in [4.69, 9.17) is 4.74 Å². The van der Waals surface area contributed by atoms with E-state index in [0.29, 0.717) is 13.2 Å². The van der Waals surface area contributed by atoms with E-state index in [1.807, 2.05) is 45.0 Å². The number of nitrogens with zero attached hydrogens (tertiary/aromatic N) is 1. The number of rotatable bonds is 2. The maximum atomic E-state index is 11.6. The molecule has 1 aromatic carbocycles. The van der Waals surface area contributed by atoms with Crippen molar-refractivity contribution in [1.82, 2.24) is 10.6 Å². The molecule has 1 aromatic rings. The number of carbonyl (C=O) groups is 2. The molecular formula is C17H21N3O3. The number of hydrogen-bond donors (Lipinski definition) is 2. The molecular weight excluding hydrogens is 294 g/mol. The molecule has 1 saturated heterocycles. The Morgan fingerprint density at radius 2 is 2.00 bits per heavy atom. The van der Waals surface area contributed by atoms with Gasteiger partial charge in [0.25, 0.3) is 0 Å². The molecule has 0 bridgehead atoms. The van der Waals surface area contributed by atoms with Crippen molar-refractivity contribution in [3.8, 4) is 11.8 Å². The van der Waals surface area contributed by atoms with Crippen molar-refractivity contribution < 1.29 is 14.3 Å². The van der Waals surface area contributed by atoms with E-state index in [0.717, 1.165) is 11.3 Å². The maximum Gasteiger partial charge on any atom is 0.414 e. The molecule has 122 valence electrons. The normalized spacial score (nSPS) is 13.9. The van der Waals surface area contributed by atoms with Gasteiger partial charge < -0.3 is 15.4 Å². The van der Waals surface area contributed by atoms with Crippen LogP contribution in [0.1, 0.15) is 26.3 Å². The number of urea groups is 1. The molecule has 1 fully saturated rings. The number of benzene rings is 1. The van der Waals surface area contributed by atoms with Gasteiger partial charge in [0.2, 0.25) is 0 Å². The SMILES string of the molecule is CC(C)(C)NC(=O)NCC#Cc1ccc(N2CCOC2=O)cc1. The zero-order valence-corrected chi connectivity index (χ0v) is 13.6. The highest BCUT2D eigenvalue weighted by atomic mass is 16.6. The molecule has 1 aliphatic rings. The summed E-state index contributed by atoms with van der Waals surface area (Å²) in [5.74, 6) is 5.85. The topological polar surface area (TPSA) is 70.7 Å². The summed E-state index contributed by atoms with van der Waals surface area (Å²) in [6, 6.07) is 7.09. The van der Waals surface area contributed by atoms with Crippen LogP contribution in [0.5, 0.6) is 0 Å². The summed E-state index contributed by atoms with van der Waals surface area (Å²) < 4.78 is 4.90. The highest BCUT2D eigenvalue weighted by Crippen LogP contribution is 2.18. The molecule has 23 heavy (non-hydrogen) atoms. The van der Waals surface area contributed by atoms with Crippen molar-refractivity contribution in [3.63, 3.8) is 0 Å². The van der Waals surface area contributed by atoms with Crippen LogP contribution in [0.2, 0.25) is 0 Å². The molecule has 0 aromatic heterocycles. The van der Waals surface area contributed by atoms with Crippen LogP contribution >= 0.6 is 0 Å². The van der Waals surface area contributed by atoms with Gasteiger partial charge in [0.05, 0.1) is 13.1 Å². The molecule has 0 aliphatic carbocycles. The highest BCUT2D eigenvalue weighted by Gasteiger charge is 2.23. The minimum atomic E-state index is -0.321. The summed E-state index contributed by atoms with van der Waals surface area (Å²) in [4.78, 5) is 24.6. The first-order valence-corrected chi connectivity index (χ1v) is 7.44. The van der Waals surface area contributed by atoms with Gasteiger partial charge in [0.1, 0.15) is 6.61 Å². The molecule has 0 saturated carbocycles. The molecule has 2 N–H and O–H groups in total. The van der Waals surface area contributed by atoms with E-state index in [9.17, 15) is 9.59 Å². The van der Waals surface area contributed by atoms with Crippen molar-refractivity contribution >= 4 is 17.8 Å². The van der Waals surface area contributed by atoms with Gasteiger partial charge in [-0.05, 0) is 45.0 Å². The van der Waals surface area contributed by atoms with Crippen molar-refractivity contribution in [1.29, 1.82) is 0 Å². The predicted octanol–water partition coefficient (Wildman–Crippen LogP) is 2.09. The summed E-state index contributed by atoms with van der Waals surface area (Å²) >= 11 is 0. The van der Waals surface area contributed by atoms with Crippen LogP contribution in [0.3, 0.4) is 0 Å². The third-order valence-electron chi connectivity index (χ3n) is 3.00. The first kappa shape index (κ1) is 16.7. The Morgan fingerprint density at radius 3 is 2.57 bits per heavy atom. The highest BCUT2D eigenvalue weighted by molar-refractivity contribution is 5.89. The van der Waals surface area contributed by atoms with Crippen LogP contribution in [0.4, 0.5) is 15.3 Å². The first-order chi connectivity index (χ1) is 10.8. The Hall–Kier alpha value is -2.68. The van der Waals surface area contributed by atoms with Gasteiger partial charge >= 0.3 is 12.1 Å². The van der Waals surface area contributed by atoms with Crippen molar-refractivity contribution in [2.45, 2.75) is 26.3 Å². The number of carbonyl (C=O) groups excluding carboxylic acids is 2. The Morgan fingerprint density at radius 1 is 1.30 bits per heavy atom. The molecule has 0 unspecified atom stereocenters. The van der Waals surface area contributed by atoms with Gasteiger partial charge in [0.15, 0.2) is 0 Å². The lowest BCUT2D eigenvalue weighted by Gasteiger charge is -2.20. The molecule has 3 amide bonds. The van der Waals surface area contributed by atoms with Gasteiger partial charge in [-0.3, -0.25) is 4.90 Å². The van der Waals surface area contributed by atoms with Crippen LogP contribution in [0.25, 0.3) is 0 Å². The second kappa shape index (κ2) is 7.05. The molecule has 0 spiro atoms. The predicted molar refractivity (Wildman–Crippen MR) is 88.3 cm³/mol. The summed E-state index contributed by atoms with van der Waals surface area (Å²) in [6.07, 6.45) is -0.321. The Balaban J connectivity index is 1.85. The minimum absolute atomic E-state index is 0.241. The van der Waals surface area contributed by atoms with Crippen molar-refractivity contribution in [2.24, 2.45) is 0 Å². The lowest BCUT2D eigenvalue weighted by Crippen LogP contribution is -2.46.